The van der Waals surface area contributed by atoms with E-state index in [0.717, 1.165) is 12.8 Å². The summed E-state index contributed by atoms with van der Waals surface area (Å²) < 4.78 is 0. The summed E-state index contributed by atoms with van der Waals surface area (Å²) in [5.74, 6) is 0.497. The molecule has 1 aliphatic rings. The quantitative estimate of drug-likeness (QED) is 0.277. The first kappa shape index (κ1) is 11.8. The topological polar surface area (TPSA) is 87.7 Å². The van der Waals surface area contributed by atoms with Crippen LogP contribution >= 0.6 is 0 Å². The van der Waals surface area contributed by atoms with E-state index in [1.54, 1.807) is 13.8 Å². The molecule has 1 saturated carbocycles. The standard InChI is InChI=1S/C10H19N3O2/c1-6(7-4-5-7)8(14)12-10(2,3)9(11)13-15/h6-7,15H,4-5H2,1-3H3,(H2,11,13)(H,12,14). The molecule has 0 aliphatic heterocycles. The second kappa shape index (κ2) is 4.08. The van der Waals surface area contributed by atoms with E-state index in [9.17, 15) is 4.79 Å². The number of rotatable bonds is 4. The third kappa shape index (κ3) is 2.84. The van der Waals surface area contributed by atoms with E-state index in [2.05, 4.69) is 10.5 Å². The van der Waals surface area contributed by atoms with Crippen LogP contribution in [-0.2, 0) is 4.79 Å². The van der Waals surface area contributed by atoms with Crippen molar-refractivity contribution in [2.75, 3.05) is 0 Å². The fraction of sp³-hybridized carbons (Fsp3) is 0.800. The maximum Gasteiger partial charge on any atom is 0.223 e. The lowest BCUT2D eigenvalue weighted by Gasteiger charge is -2.26. The van der Waals surface area contributed by atoms with Gasteiger partial charge in [0.15, 0.2) is 5.84 Å². The molecule has 0 radical (unpaired) electrons. The van der Waals surface area contributed by atoms with Gasteiger partial charge in [-0.2, -0.15) is 0 Å². The molecule has 1 fully saturated rings. The van der Waals surface area contributed by atoms with Gasteiger partial charge >= 0.3 is 0 Å². The number of carbonyl (C=O) groups is 1. The first-order valence-electron chi connectivity index (χ1n) is 5.18. The fourth-order valence-electron chi connectivity index (χ4n) is 1.42. The lowest BCUT2D eigenvalue weighted by molar-refractivity contribution is -0.126. The number of nitrogens with zero attached hydrogens (tertiary/aromatic N) is 1. The van der Waals surface area contributed by atoms with Gasteiger partial charge in [0, 0.05) is 5.92 Å². The zero-order valence-electron chi connectivity index (χ0n) is 9.45. The minimum absolute atomic E-state index is 0.00997. The number of amides is 1. The van der Waals surface area contributed by atoms with Gasteiger partial charge in [0.2, 0.25) is 5.91 Å². The zero-order chi connectivity index (χ0) is 11.6. The summed E-state index contributed by atoms with van der Waals surface area (Å²) in [5.41, 5.74) is 4.68. The second-order valence-electron chi connectivity index (χ2n) is 4.73. The fourth-order valence-corrected chi connectivity index (χ4v) is 1.42. The first-order chi connectivity index (χ1) is 6.88. The van der Waals surface area contributed by atoms with Crippen molar-refractivity contribution in [1.82, 2.24) is 5.32 Å². The minimum Gasteiger partial charge on any atom is -0.409 e. The highest BCUT2D eigenvalue weighted by Gasteiger charge is 2.35. The van der Waals surface area contributed by atoms with Gasteiger partial charge < -0.3 is 16.3 Å². The van der Waals surface area contributed by atoms with Crippen molar-refractivity contribution in [3.63, 3.8) is 0 Å². The van der Waals surface area contributed by atoms with Crippen LogP contribution in [0.3, 0.4) is 0 Å². The first-order valence-corrected chi connectivity index (χ1v) is 5.18. The number of hydrogen-bond donors (Lipinski definition) is 3. The highest BCUT2D eigenvalue weighted by atomic mass is 16.4. The highest BCUT2D eigenvalue weighted by Crippen LogP contribution is 2.36. The van der Waals surface area contributed by atoms with E-state index < -0.39 is 5.54 Å². The summed E-state index contributed by atoms with van der Waals surface area (Å²) in [6.45, 7) is 5.33. The van der Waals surface area contributed by atoms with Gasteiger partial charge in [-0.1, -0.05) is 12.1 Å². The zero-order valence-corrected chi connectivity index (χ0v) is 9.45. The molecule has 0 saturated heterocycles. The Labute approximate surface area is 89.7 Å². The number of amidine groups is 1. The van der Waals surface area contributed by atoms with Crippen LogP contribution in [0.25, 0.3) is 0 Å². The predicted molar refractivity (Wildman–Crippen MR) is 57.5 cm³/mol. The van der Waals surface area contributed by atoms with Crippen molar-refractivity contribution in [2.24, 2.45) is 22.7 Å². The molecule has 0 heterocycles. The van der Waals surface area contributed by atoms with Crippen LogP contribution in [0, 0.1) is 11.8 Å². The molecule has 0 aromatic heterocycles. The maximum atomic E-state index is 11.8. The van der Waals surface area contributed by atoms with Crippen LogP contribution in [0.2, 0.25) is 0 Å². The van der Waals surface area contributed by atoms with Crippen molar-refractivity contribution in [3.05, 3.63) is 0 Å². The van der Waals surface area contributed by atoms with Crippen LogP contribution < -0.4 is 11.1 Å². The van der Waals surface area contributed by atoms with E-state index in [0.29, 0.717) is 5.92 Å². The maximum absolute atomic E-state index is 11.8. The molecule has 5 nitrogen and oxygen atoms in total. The number of hydrogen-bond acceptors (Lipinski definition) is 3. The van der Waals surface area contributed by atoms with Gasteiger partial charge in [0.25, 0.3) is 0 Å². The summed E-state index contributed by atoms with van der Waals surface area (Å²) in [6.07, 6.45) is 2.25. The minimum atomic E-state index is -0.797. The molecule has 1 unspecified atom stereocenters. The second-order valence-corrected chi connectivity index (χ2v) is 4.73. The van der Waals surface area contributed by atoms with Gasteiger partial charge in [-0.3, -0.25) is 4.79 Å². The normalized spacial score (nSPS) is 19.8. The van der Waals surface area contributed by atoms with E-state index in [-0.39, 0.29) is 17.7 Å². The lowest BCUT2D eigenvalue weighted by Crippen LogP contribution is -2.54. The van der Waals surface area contributed by atoms with Crippen molar-refractivity contribution in [3.8, 4) is 0 Å². The number of oxime groups is 1. The third-order valence-corrected chi connectivity index (χ3v) is 2.93. The number of nitrogens with one attached hydrogen (secondary N) is 1. The summed E-state index contributed by atoms with van der Waals surface area (Å²) in [6, 6.07) is 0. The van der Waals surface area contributed by atoms with Gasteiger partial charge in [-0.15, -0.1) is 0 Å². The molecular formula is C10H19N3O2. The largest absolute Gasteiger partial charge is 0.409 e. The van der Waals surface area contributed by atoms with Gasteiger partial charge in [0.1, 0.15) is 0 Å². The van der Waals surface area contributed by atoms with Crippen molar-refractivity contribution in [1.29, 1.82) is 0 Å². The van der Waals surface area contributed by atoms with Crippen LogP contribution in [0.1, 0.15) is 33.6 Å². The third-order valence-electron chi connectivity index (χ3n) is 2.93. The monoisotopic (exact) mass is 213 g/mol. The lowest BCUT2D eigenvalue weighted by atomic mass is 10.00. The Morgan fingerprint density at radius 2 is 2.13 bits per heavy atom. The van der Waals surface area contributed by atoms with Crippen LogP contribution in [0.15, 0.2) is 5.16 Å². The Bertz CT molecular complexity index is 282. The summed E-state index contributed by atoms with van der Waals surface area (Å²) in [5, 5.41) is 14.2. The molecule has 4 N–H and O–H groups in total. The van der Waals surface area contributed by atoms with Crippen LogP contribution in [-0.4, -0.2) is 22.5 Å². The Balaban J connectivity index is 2.56. The molecule has 0 spiro atoms. The average molecular weight is 213 g/mol. The van der Waals surface area contributed by atoms with E-state index in [1.807, 2.05) is 6.92 Å². The van der Waals surface area contributed by atoms with Gasteiger partial charge in [0.05, 0.1) is 5.54 Å². The van der Waals surface area contributed by atoms with Crippen molar-refractivity contribution < 1.29 is 10.0 Å². The summed E-state index contributed by atoms with van der Waals surface area (Å²) in [4.78, 5) is 11.8. The number of carbonyl (C=O) groups excluding carboxylic acids is 1. The summed E-state index contributed by atoms with van der Waals surface area (Å²) >= 11 is 0. The van der Waals surface area contributed by atoms with Crippen molar-refractivity contribution >= 4 is 11.7 Å². The summed E-state index contributed by atoms with van der Waals surface area (Å²) in [7, 11) is 0. The molecule has 5 heteroatoms. The Hall–Kier alpha value is -1.26. The van der Waals surface area contributed by atoms with E-state index in [1.165, 1.54) is 0 Å². The molecule has 1 rings (SSSR count). The SMILES string of the molecule is CC(C(=O)NC(C)(C)C(N)=NO)C1CC1. The highest BCUT2D eigenvalue weighted by molar-refractivity contribution is 5.93. The molecule has 15 heavy (non-hydrogen) atoms. The molecule has 1 atom stereocenters. The Morgan fingerprint density at radius 1 is 1.60 bits per heavy atom. The van der Waals surface area contributed by atoms with Gasteiger partial charge in [-0.25, -0.2) is 0 Å². The molecule has 0 aromatic carbocycles. The van der Waals surface area contributed by atoms with E-state index >= 15 is 0 Å². The number of nitrogens with two attached hydrogens (primary N) is 1. The van der Waals surface area contributed by atoms with E-state index in [4.69, 9.17) is 10.9 Å². The molecule has 1 aliphatic carbocycles. The molecule has 0 aromatic rings. The molecule has 0 bridgehead atoms. The molecule has 1 amide bonds. The van der Waals surface area contributed by atoms with Crippen LogP contribution in [0.4, 0.5) is 0 Å². The van der Waals surface area contributed by atoms with Crippen LogP contribution in [0.5, 0.6) is 0 Å². The van der Waals surface area contributed by atoms with Crippen molar-refractivity contribution in [2.45, 2.75) is 39.2 Å². The molecular weight excluding hydrogens is 194 g/mol. The molecule has 86 valence electrons. The predicted octanol–water partition coefficient (Wildman–Crippen LogP) is 0.674. The van der Waals surface area contributed by atoms with Gasteiger partial charge in [-0.05, 0) is 32.6 Å². The Morgan fingerprint density at radius 3 is 2.53 bits per heavy atom. The average Bonchev–Trinajstić information content (AvgIpc) is 2.97. The smallest absolute Gasteiger partial charge is 0.223 e. The Kier molecular flexibility index (Phi) is 3.21.